The molecule has 0 aliphatic rings. The van der Waals surface area contributed by atoms with Crippen LogP contribution in [-0.2, 0) is 12.0 Å². The van der Waals surface area contributed by atoms with Gasteiger partial charge in [-0.1, -0.05) is 62.2 Å². The number of benzene rings is 2. The molecule has 1 atom stereocenters. The zero-order chi connectivity index (χ0) is 13.2. The van der Waals surface area contributed by atoms with Crippen LogP contribution in [0.15, 0.2) is 57.5 Å². The van der Waals surface area contributed by atoms with Gasteiger partial charge in [0.15, 0.2) is 0 Å². The molecule has 0 saturated carbocycles. The molecule has 0 aliphatic heterocycles. The summed E-state index contributed by atoms with van der Waals surface area (Å²) in [5.74, 6) is 0. The van der Waals surface area contributed by atoms with Crippen molar-refractivity contribution in [1.29, 1.82) is 0 Å². The van der Waals surface area contributed by atoms with Crippen LogP contribution in [0.5, 0.6) is 0 Å². The van der Waals surface area contributed by atoms with Gasteiger partial charge in [0.05, 0.1) is 5.60 Å². The molecule has 0 fully saturated rings. The zero-order valence-corrected chi connectivity index (χ0v) is 13.2. The van der Waals surface area contributed by atoms with Crippen molar-refractivity contribution >= 4 is 31.9 Å². The van der Waals surface area contributed by atoms with Crippen LogP contribution in [0, 0.1) is 0 Å². The van der Waals surface area contributed by atoms with E-state index in [4.69, 9.17) is 0 Å². The Morgan fingerprint density at radius 2 is 1.78 bits per heavy atom. The SMILES string of the molecule is CC(O)(Cc1ccccc1Br)c1cccc(Br)c1. The predicted molar refractivity (Wildman–Crippen MR) is 81.6 cm³/mol. The van der Waals surface area contributed by atoms with Crippen LogP contribution in [0.1, 0.15) is 18.1 Å². The molecule has 0 aromatic heterocycles. The normalized spacial score (nSPS) is 14.2. The molecule has 2 aromatic rings. The molecule has 1 nitrogen and oxygen atoms in total. The summed E-state index contributed by atoms with van der Waals surface area (Å²) in [5, 5.41) is 10.6. The number of halogens is 2. The quantitative estimate of drug-likeness (QED) is 0.833. The summed E-state index contributed by atoms with van der Waals surface area (Å²) in [6, 6.07) is 15.8. The Hall–Kier alpha value is -0.640. The highest BCUT2D eigenvalue weighted by Crippen LogP contribution is 2.29. The van der Waals surface area contributed by atoms with Crippen LogP contribution in [0.25, 0.3) is 0 Å². The second-order valence-corrected chi connectivity index (χ2v) is 6.32. The number of hydrogen-bond acceptors (Lipinski definition) is 1. The molecule has 18 heavy (non-hydrogen) atoms. The molecule has 2 rings (SSSR count). The molecule has 0 heterocycles. The lowest BCUT2D eigenvalue weighted by atomic mass is 9.89. The van der Waals surface area contributed by atoms with E-state index < -0.39 is 5.60 Å². The largest absolute Gasteiger partial charge is 0.385 e. The molecule has 0 radical (unpaired) electrons. The summed E-state index contributed by atoms with van der Waals surface area (Å²) in [5.41, 5.74) is 1.13. The molecule has 0 amide bonds. The van der Waals surface area contributed by atoms with Crippen molar-refractivity contribution in [3.8, 4) is 0 Å². The Bertz CT molecular complexity index is 550. The van der Waals surface area contributed by atoms with Crippen molar-refractivity contribution in [1.82, 2.24) is 0 Å². The van der Waals surface area contributed by atoms with E-state index in [1.807, 2.05) is 55.5 Å². The highest BCUT2D eigenvalue weighted by Gasteiger charge is 2.24. The fourth-order valence-electron chi connectivity index (χ4n) is 1.94. The van der Waals surface area contributed by atoms with Crippen LogP contribution in [0.4, 0.5) is 0 Å². The van der Waals surface area contributed by atoms with E-state index >= 15 is 0 Å². The lowest BCUT2D eigenvalue weighted by Crippen LogP contribution is -2.24. The van der Waals surface area contributed by atoms with Gasteiger partial charge in [0.2, 0.25) is 0 Å². The summed E-state index contributed by atoms with van der Waals surface area (Å²) >= 11 is 6.95. The summed E-state index contributed by atoms with van der Waals surface area (Å²) < 4.78 is 2.01. The van der Waals surface area contributed by atoms with Gasteiger partial charge in [0, 0.05) is 15.4 Å². The van der Waals surface area contributed by atoms with E-state index in [-0.39, 0.29) is 0 Å². The van der Waals surface area contributed by atoms with Gasteiger partial charge in [-0.15, -0.1) is 0 Å². The second kappa shape index (κ2) is 5.55. The van der Waals surface area contributed by atoms with Gasteiger partial charge < -0.3 is 5.11 Å². The molecule has 0 bridgehead atoms. The average Bonchev–Trinajstić information content (AvgIpc) is 2.32. The van der Waals surface area contributed by atoms with Crippen molar-refractivity contribution in [2.45, 2.75) is 18.9 Å². The monoisotopic (exact) mass is 368 g/mol. The standard InChI is InChI=1S/C15H14Br2O/c1-15(18,12-6-4-7-13(16)9-12)10-11-5-2-3-8-14(11)17/h2-9,18H,10H2,1H3. The van der Waals surface area contributed by atoms with E-state index in [1.54, 1.807) is 0 Å². The van der Waals surface area contributed by atoms with E-state index in [1.165, 1.54) is 0 Å². The molecular formula is C15H14Br2O. The summed E-state index contributed by atoms with van der Waals surface area (Å²) in [6.07, 6.45) is 0.574. The Balaban J connectivity index is 2.30. The first-order chi connectivity index (χ1) is 8.49. The number of rotatable bonds is 3. The first-order valence-electron chi connectivity index (χ1n) is 5.71. The molecule has 2 aromatic carbocycles. The smallest absolute Gasteiger partial charge is 0.0909 e. The lowest BCUT2D eigenvalue weighted by Gasteiger charge is -2.24. The highest BCUT2D eigenvalue weighted by atomic mass is 79.9. The molecule has 0 aliphatic carbocycles. The maximum absolute atomic E-state index is 10.6. The van der Waals surface area contributed by atoms with Crippen molar-refractivity contribution in [3.05, 3.63) is 68.6 Å². The van der Waals surface area contributed by atoms with Crippen LogP contribution in [0.2, 0.25) is 0 Å². The third-order valence-electron chi connectivity index (χ3n) is 2.94. The molecule has 94 valence electrons. The van der Waals surface area contributed by atoms with Crippen LogP contribution in [-0.4, -0.2) is 5.11 Å². The van der Waals surface area contributed by atoms with Gasteiger partial charge in [0.25, 0.3) is 0 Å². The maximum atomic E-state index is 10.6. The highest BCUT2D eigenvalue weighted by molar-refractivity contribution is 9.10. The minimum absolute atomic E-state index is 0.574. The average molecular weight is 370 g/mol. The van der Waals surface area contributed by atoms with Crippen molar-refractivity contribution in [2.24, 2.45) is 0 Å². The van der Waals surface area contributed by atoms with Gasteiger partial charge >= 0.3 is 0 Å². The van der Waals surface area contributed by atoms with E-state index in [0.29, 0.717) is 6.42 Å². The zero-order valence-electron chi connectivity index (χ0n) is 10.0. The summed E-state index contributed by atoms with van der Waals surface area (Å²) in [7, 11) is 0. The third kappa shape index (κ3) is 3.22. The van der Waals surface area contributed by atoms with E-state index in [2.05, 4.69) is 31.9 Å². The van der Waals surface area contributed by atoms with Gasteiger partial charge in [-0.3, -0.25) is 0 Å². The van der Waals surface area contributed by atoms with Crippen LogP contribution in [0.3, 0.4) is 0 Å². The number of hydrogen-bond donors (Lipinski definition) is 1. The van der Waals surface area contributed by atoms with Gasteiger partial charge in [-0.05, 0) is 36.2 Å². The Labute approximate surface area is 124 Å². The summed E-state index contributed by atoms with van der Waals surface area (Å²) in [6.45, 7) is 1.84. The molecular weight excluding hydrogens is 356 g/mol. The van der Waals surface area contributed by atoms with Crippen molar-refractivity contribution in [3.63, 3.8) is 0 Å². The van der Waals surface area contributed by atoms with Gasteiger partial charge in [0.1, 0.15) is 0 Å². The fourth-order valence-corrected chi connectivity index (χ4v) is 2.76. The number of aliphatic hydroxyl groups is 1. The molecule has 0 saturated heterocycles. The van der Waals surface area contributed by atoms with Crippen molar-refractivity contribution in [2.75, 3.05) is 0 Å². The molecule has 3 heteroatoms. The van der Waals surface area contributed by atoms with Crippen LogP contribution >= 0.6 is 31.9 Å². The lowest BCUT2D eigenvalue weighted by molar-refractivity contribution is 0.0574. The second-order valence-electron chi connectivity index (χ2n) is 4.55. The minimum atomic E-state index is -0.881. The first kappa shape index (κ1) is 13.8. The van der Waals surface area contributed by atoms with E-state index in [0.717, 1.165) is 20.1 Å². The van der Waals surface area contributed by atoms with Crippen LogP contribution < -0.4 is 0 Å². The fraction of sp³-hybridized carbons (Fsp3) is 0.200. The predicted octanol–water partition coefficient (Wildman–Crippen LogP) is 4.66. The van der Waals surface area contributed by atoms with Crippen molar-refractivity contribution < 1.29 is 5.11 Å². The van der Waals surface area contributed by atoms with E-state index in [9.17, 15) is 5.11 Å². The third-order valence-corrected chi connectivity index (χ3v) is 4.21. The first-order valence-corrected chi connectivity index (χ1v) is 7.29. The Morgan fingerprint density at radius 1 is 1.06 bits per heavy atom. The molecule has 1 unspecified atom stereocenters. The van der Waals surface area contributed by atoms with Gasteiger partial charge in [-0.2, -0.15) is 0 Å². The molecule has 0 spiro atoms. The Morgan fingerprint density at radius 3 is 2.44 bits per heavy atom. The Kier molecular flexibility index (Phi) is 4.25. The van der Waals surface area contributed by atoms with Gasteiger partial charge in [-0.25, -0.2) is 0 Å². The maximum Gasteiger partial charge on any atom is 0.0909 e. The molecule has 1 N–H and O–H groups in total. The topological polar surface area (TPSA) is 20.2 Å². The minimum Gasteiger partial charge on any atom is -0.385 e. The summed E-state index contributed by atoms with van der Waals surface area (Å²) in [4.78, 5) is 0.